The molecule has 13 nitrogen and oxygen atoms in total. The zero-order valence-corrected chi connectivity index (χ0v) is 30.8. The molecule has 0 aliphatic carbocycles. The van der Waals surface area contributed by atoms with Crippen LogP contribution in [0.5, 0.6) is 11.5 Å². The lowest BCUT2D eigenvalue weighted by atomic mass is 9.98. The summed E-state index contributed by atoms with van der Waals surface area (Å²) in [5, 5.41) is 10.3. The lowest BCUT2D eigenvalue weighted by molar-refractivity contribution is 0.150. The Morgan fingerprint density at radius 3 is 1.23 bits per heavy atom. The van der Waals surface area contributed by atoms with Crippen LogP contribution in [0.15, 0.2) is 87.3 Å². The molecule has 48 heavy (non-hydrogen) atoms. The molecule has 4 N–H and O–H groups in total. The van der Waals surface area contributed by atoms with Gasteiger partial charge in [-0.3, -0.25) is 0 Å². The number of carbonyl (C=O) groups is 1. The highest BCUT2D eigenvalue weighted by molar-refractivity contribution is 7.95. The molecule has 0 amide bonds. The highest BCUT2D eigenvalue weighted by atomic mass is 32.3. The number of hydrogen-bond acceptors (Lipinski definition) is 13. The second-order valence-electron chi connectivity index (χ2n) is 10.7. The van der Waals surface area contributed by atoms with Crippen molar-refractivity contribution in [3.05, 3.63) is 71.8 Å². The first kappa shape index (κ1) is 37.6. The Morgan fingerprint density at radius 2 is 0.938 bits per heavy atom. The molecule has 0 bridgehead atoms. The van der Waals surface area contributed by atoms with E-state index in [2.05, 4.69) is 0 Å². The molecule has 260 valence electrons. The number of carbonyl (C=O) groups excluding carboxylic acids is 1. The van der Waals surface area contributed by atoms with Crippen LogP contribution in [0.4, 0.5) is 4.79 Å². The average Bonchev–Trinajstić information content (AvgIpc) is 3.72. The monoisotopic (exact) mass is 776 g/mol. The maximum atomic E-state index is 13.3. The Hall–Kier alpha value is -3.17. The number of thiophene rings is 2. The summed E-state index contributed by atoms with van der Waals surface area (Å²) in [6, 6.07) is 12.2. The normalized spacial score (nSPS) is 14.0. The van der Waals surface area contributed by atoms with E-state index in [-0.39, 0.29) is 50.0 Å². The number of rotatable bonds is 12. The fourth-order valence-electron chi connectivity index (χ4n) is 4.42. The average molecular weight is 777 g/mol. The Balaban J connectivity index is 1.65. The third-order valence-corrected chi connectivity index (χ3v) is 17.0. The largest absolute Gasteiger partial charge is 0.519 e. The van der Waals surface area contributed by atoms with Crippen molar-refractivity contribution in [1.82, 2.24) is 0 Å². The number of nitrogens with two attached hydrogens (primary N) is 2. The van der Waals surface area contributed by atoms with Crippen molar-refractivity contribution in [3.8, 4) is 11.5 Å². The molecule has 0 spiro atoms. The van der Waals surface area contributed by atoms with Crippen LogP contribution in [0, 0.1) is 0 Å². The highest BCUT2D eigenvalue weighted by Crippen LogP contribution is 2.38. The van der Waals surface area contributed by atoms with Crippen LogP contribution in [0.25, 0.3) is 0 Å². The van der Waals surface area contributed by atoms with Gasteiger partial charge < -0.3 is 9.47 Å². The van der Waals surface area contributed by atoms with E-state index in [1.165, 1.54) is 36.4 Å². The number of benzene rings is 2. The predicted molar refractivity (Wildman–Crippen MR) is 179 cm³/mol. The van der Waals surface area contributed by atoms with Gasteiger partial charge in [-0.05, 0) is 96.5 Å². The zero-order chi connectivity index (χ0) is 35.8. The topological polar surface area (TPSA) is 224 Å². The standard InChI is InChI=1S/C29H32N2O11S6/c1-5-17(3)21-15-19(45(33,34)25-11-13-27(43-25)47(30,37)38)7-9-23(21)41-29(32)42-24-10-8-20(16-22(24)18(4)6-2)46(35,36)26-12-14-28(44-26)48(31,39)40/h7-18H,5-6H2,1-4H3,(H2,30,37,38)(H2,31,39,40). The molecule has 0 fully saturated rings. The van der Waals surface area contributed by atoms with E-state index in [1.54, 1.807) is 13.8 Å². The van der Waals surface area contributed by atoms with Crippen molar-refractivity contribution in [2.75, 3.05) is 0 Å². The molecule has 0 aliphatic heterocycles. The zero-order valence-electron chi connectivity index (χ0n) is 25.9. The van der Waals surface area contributed by atoms with Gasteiger partial charge in [0.1, 0.15) is 28.3 Å². The van der Waals surface area contributed by atoms with Crippen molar-refractivity contribution >= 4 is 68.6 Å². The van der Waals surface area contributed by atoms with Gasteiger partial charge in [0.25, 0.3) is 0 Å². The van der Waals surface area contributed by atoms with Gasteiger partial charge in [-0.1, -0.05) is 27.7 Å². The molecule has 2 atom stereocenters. The van der Waals surface area contributed by atoms with Crippen molar-refractivity contribution < 1.29 is 47.9 Å². The molecule has 0 saturated heterocycles. The van der Waals surface area contributed by atoms with Gasteiger partial charge in [-0.2, -0.15) is 0 Å². The first-order valence-corrected chi connectivity index (χ1v) is 21.8. The van der Waals surface area contributed by atoms with Gasteiger partial charge in [-0.25, -0.2) is 48.7 Å². The summed E-state index contributed by atoms with van der Waals surface area (Å²) in [6.07, 6.45) is -0.0801. The van der Waals surface area contributed by atoms with Crippen LogP contribution >= 0.6 is 22.7 Å². The molecule has 2 heterocycles. The van der Waals surface area contributed by atoms with Crippen LogP contribution in [-0.4, -0.2) is 39.8 Å². The predicted octanol–water partition coefficient (Wildman–Crippen LogP) is 5.37. The smallest absolute Gasteiger partial charge is 0.394 e. The molecule has 2 aromatic carbocycles. The fourth-order valence-corrected chi connectivity index (χ4v) is 11.7. The molecule has 4 aromatic rings. The molecule has 0 aliphatic rings. The quantitative estimate of drug-likeness (QED) is 0.137. The van der Waals surface area contributed by atoms with E-state index in [4.69, 9.17) is 19.8 Å². The summed E-state index contributed by atoms with van der Waals surface area (Å²) in [7, 11) is -16.5. The van der Waals surface area contributed by atoms with Crippen LogP contribution in [0.1, 0.15) is 63.5 Å². The Bertz CT molecular complexity index is 2150. The van der Waals surface area contributed by atoms with E-state index in [0.29, 0.717) is 46.6 Å². The van der Waals surface area contributed by atoms with E-state index in [9.17, 15) is 38.5 Å². The molecular weight excluding hydrogens is 745 g/mol. The first-order chi connectivity index (χ1) is 22.2. The SMILES string of the molecule is CCC(C)c1cc(S(=O)(=O)c2ccc(S(N)(=O)=O)s2)ccc1OC(=O)Oc1ccc(S(=O)(=O)c2ccc(S(N)(=O)=O)s2)cc1C(C)CC. The van der Waals surface area contributed by atoms with Crippen LogP contribution in [0.3, 0.4) is 0 Å². The van der Waals surface area contributed by atoms with Crippen molar-refractivity contribution in [2.24, 2.45) is 10.3 Å². The Labute approximate surface area is 287 Å². The number of sulfonamides is 2. The maximum absolute atomic E-state index is 13.3. The molecule has 0 saturated carbocycles. The lowest BCUT2D eigenvalue weighted by Gasteiger charge is -2.18. The van der Waals surface area contributed by atoms with Gasteiger partial charge in [0.05, 0.1) is 9.79 Å². The van der Waals surface area contributed by atoms with Crippen molar-refractivity contribution in [2.45, 2.75) is 79.0 Å². The summed E-state index contributed by atoms with van der Waals surface area (Å²) in [5.41, 5.74) is 0.745. The molecular formula is C29H32N2O11S6. The minimum atomic E-state index is -4.15. The maximum Gasteiger partial charge on any atom is 0.519 e. The van der Waals surface area contributed by atoms with Gasteiger partial charge in [0, 0.05) is 0 Å². The van der Waals surface area contributed by atoms with Crippen molar-refractivity contribution in [3.63, 3.8) is 0 Å². The minimum absolute atomic E-state index is 0.0253. The van der Waals surface area contributed by atoms with E-state index >= 15 is 0 Å². The summed E-state index contributed by atoms with van der Waals surface area (Å²) >= 11 is 1.03. The molecule has 2 aromatic heterocycles. The van der Waals surface area contributed by atoms with E-state index < -0.39 is 45.9 Å². The van der Waals surface area contributed by atoms with Crippen LogP contribution < -0.4 is 19.8 Å². The summed E-state index contributed by atoms with van der Waals surface area (Å²) in [4.78, 5) is 12.8. The van der Waals surface area contributed by atoms with Gasteiger partial charge >= 0.3 is 6.16 Å². The lowest BCUT2D eigenvalue weighted by Crippen LogP contribution is -2.17. The number of sulfone groups is 2. The Kier molecular flexibility index (Phi) is 11.0. The van der Waals surface area contributed by atoms with Gasteiger partial charge in [0.15, 0.2) is 0 Å². The van der Waals surface area contributed by atoms with E-state index in [0.717, 1.165) is 24.3 Å². The van der Waals surface area contributed by atoms with Crippen LogP contribution in [0.2, 0.25) is 0 Å². The third-order valence-electron chi connectivity index (χ3n) is 7.46. The fraction of sp³-hybridized carbons (Fsp3) is 0.276. The summed E-state index contributed by atoms with van der Waals surface area (Å²) in [6.45, 7) is 7.30. The minimum Gasteiger partial charge on any atom is -0.394 e. The molecule has 4 rings (SSSR count). The molecule has 0 radical (unpaired) electrons. The summed E-state index contributed by atoms with van der Waals surface area (Å²) < 4.78 is 110. The molecule has 2 unspecified atom stereocenters. The number of hydrogen-bond donors (Lipinski definition) is 2. The third kappa shape index (κ3) is 7.99. The van der Waals surface area contributed by atoms with Crippen LogP contribution in [-0.2, 0) is 39.7 Å². The highest BCUT2D eigenvalue weighted by Gasteiger charge is 2.28. The second-order valence-corrected chi connectivity index (χ2v) is 20.8. The van der Waals surface area contributed by atoms with Crippen molar-refractivity contribution in [1.29, 1.82) is 0 Å². The number of ether oxygens (including phenoxy) is 2. The second kappa shape index (κ2) is 14.0. The van der Waals surface area contributed by atoms with Gasteiger partial charge in [-0.15, -0.1) is 22.7 Å². The van der Waals surface area contributed by atoms with Gasteiger partial charge in [0.2, 0.25) is 39.7 Å². The first-order valence-electron chi connectivity index (χ1n) is 14.1. The molecule has 19 heteroatoms. The Morgan fingerprint density at radius 1 is 0.604 bits per heavy atom. The van der Waals surface area contributed by atoms with E-state index in [1.807, 2.05) is 13.8 Å². The number of primary sulfonamides is 2. The summed E-state index contributed by atoms with van der Waals surface area (Å²) in [5.74, 6) is -0.508.